The molecular formula is C16H35N2O+. The maximum atomic E-state index is 12.4. The average Bonchev–Trinajstić information content (AvgIpc) is 2.39. The Morgan fingerprint density at radius 1 is 0.789 bits per heavy atom. The number of nitrogens with zero attached hydrogens (tertiary/aromatic N) is 1. The van der Waals surface area contributed by atoms with Crippen molar-refractivity contribution >= 4 is 5.91 Å². The topological polar surface area (TPSA) is 43.1 Å². The highest BCUT2D eigenvalue weighted by Gasteiger charge is 2.31. The minimum Gasteiger partial charge on any atom is -0.229 e. The van der Waals surface area contributed by atoms with Crippen molar-refractivity contribution in [2.24, 2.45) is 5.84 Å². The SMILES string of the molecule is CCCCCC(=O)[N+](N)(CCCCC)CCCCC. The number of hydrogen-bond donors (Lipinski definition) is 1. The summed E-state index contributed by atoms with van der Waals surface area (Å²) in [7, 11) is 0. The van der Waals surface area contributed by atoms with Gasteiger partial charge in [0.1, 0.15) is 13.1 Å². The van der Waals surface area contributed by atoms with E-state index in [0.29, 0.717) is 6.42 Å². The second-order valence-electron chi connectivity index (χ2n) is 5.75. The van der Waals surface area contributed by atoms with Gasteiger partial charge < -0.3 is 0 Å². The fourth-order valence-electron chi connectivity index (χ4n) is 2.40. The number of amides is 1. The molecule has 0 saturated carbocycles. The highest BCUT2D eigenvalue weighted by molar-refractivity contribution is 5.68. The molecule has 0 atom stereocenters. The third kappa shape index (κ3) is 8.38. The molecule has 0 unspecified atom stereocenters. The van der Waals surface area contributed by atoms with Gasteiger partial charge in [-0.1, -0.05) is 46.5 Å². The highest BCUT2D eigenvalue weighted by Crippen LogP contribution is 2.13. The first-order valence-electron chi connectivity index (χ1n) is 8.29. The summed E-state index contributed by atoms with van der Waals surface area (Å²) in [5.74, 6) is 6.64. The van der Waals surface area contributed by atoms with Gasteiger partial charge in [0.05, 0.1) is 6.42 Å². The average molecular weight is 271 g/mol. The first-order chi connectivity index (χ1) is 9.10. The van der Waals surface area contributed by atoms with Crippen LogP contribution in [-0.2, 0) is 4.79 Å². The van der Waals surface area contributed by atoms with Crippen LogP contribution < -0.4 is 5.84 Å². The summed E-state index contributed by atoms with van der Waals surface area (Å²) in [5.41, 5.74) is 0. The van der Waals surface area contributed by atoms with Crippen LogP contribution in [0.3, 0.4) is 0 Å². The second-order valence-corrected chi connectivity index (χ2v) is 5.75. The molecule has 3 nitrogen and oxygen atoms in total. The number of unbranched alkanes of at least 4 members (excludes halogenated alkanes) is 6. The molecule has 0 spiro atoms. The van der Waals surface area contributed by atoms with Crippen LogP contribution in [0.25, 0.3) is 0 Å². The van der Waals surface area contributed by atoms with Crippen molar-refractivity contribution in [1.29, 1.82) is 0 Å². The zero-order valence-electron chi connectivity index (χ0n) is 13.4. The Morgan fingerprint density at radius 2 is 1.21 bits per heavy atom. The van der Waals surface area contributed by atoms with E-state index in [4.69, 9.17) is 5.84 Å². The van der Waals surface area contributed by atoms with Crippen LogP contribution in [0.2, 0.25) is 0 Å². The van der Waals surface area contributed by atoms with Gasteiger partial charge in [0.15, 0.2) is 0 Å². The molecule has 2 N–H and O–H groups in total. The molecule has 0 aliphatic carbocycles. The largest absolute Gasteiger partial charge is 0.332 e. The summed E-state index contributed by atoms with van der Waals surface area (Å²) in [6.07, 6.45) is 10.8. The van der Waals surface area contributed by atoms with E-state index in [1.54, 1.807) is 0 Å². The molecule has 3 heteroatoms. The molecule has 114 valence electrons. The molecule has 0 aromatic carbocycles. The lowest BCUT2D eigenvalue weighted by Gasteiger charge is -2.30. The van der Waals surface area contributed by atoms with E-state index in [2.05, 4.69) is 20.8 Å². The number of hydrogen-bond acceptors (Lipinski definition) is 2. The van der Waals surface area contributed by atoms with Gasteiger partial charge in [0.25, 0.3) is 0 Å². The third-order valence-corrected chi connectivity index (χ3v) is 3.81. The number of quaternary nitrogens is 1. The van der Waals surface area contributed by atoms with E-state index >= 15 is 0 Å². The van der Waals surface area contributed by atoms with Crippen molar-refractivity contribution in [3.05, 3.63) is 0 Å². The molecule has 0 rings (SSSR count). The maximum absolute atomic E-state index is 12.4. The van der Waals surface area contributed by atoms with Crippen molar-refractivity contribution in [1.82, 2.24) is 0 Å². The fourth-order valence-corrected chi connectivity index (χ4v) is 2.40. The Hall–Kier alpha value is -0.410. The van der Waals surface area contributed by atoms with Crippen molar-refractivity contribution < 1.29 is 9.39 Å². The van der Waals surface area contributed by atoms with Crippen molar-refractivity contribution in [3.8, 4) is 0 Å². The molecule has 0 aliphatic heterocycles. The van der Waals surface area contributed by atoms with Gasteiger partial charge in [-0.15, -0.1) is 0 Å². The van der Waals surface area contributed by atoms with Gasteiger partial charge in [-0.25, -0.2) is 4.79 Å². The molecule has 0 aromatic heterocycles. The van der Waals surface area contributed by atoms with E-state index in [-0.39, 0.29) is 10.5 Å². The van der Waals surface area contributed by atoms with E-state index in [1.165, 1.54) is 25.7 Å². The number of nitrogens with two attached hydrogens (primary N) is 1. The molecule has 19 heavy (non-hydrogen) atoms. The number of carbonyl (C=O) groups excluding carboxylic acids is 1. The van der Waals surface area contributed by atoms with Crippen molar-refractivity contribution in [2.45, 2.75) is 85.0 Å². The van der Waals surface area contributed by atoms with Gasteiger partial charge in [-0.2, -0.15) is 10.4 Å². The van der Waals surface area contributed by atoms with E-state index in [9.17, 15) is 4.79 Å². The summed E-state index contributed by atoms with van der Waals surface area (Å²) in [6, 6.07) is 0. The fraction of sp³-hybridized carbons (Fsp3) is 0.938. The van der Waals surface area contributed by atoms with Crippen LogP contribution in [-0.4, -0.2) is 23.6 Å². The molecular weight excluding hydrogens is 236 g/mol. The first kappa shape index (κ1) is 18.6. The van der Waals surface area contributed by atoms with Gasteiger partial charge in [-0.3, -0.25) is 0 Å². The zero-order valence-corrected chi connectivity index (χ0v) is 13.4. The summed E-state index contributed by atoms with van der Waals surface area (Å²) < 4.78 is 0.184. The molecule has 0 aliphatic rings. The van der Waals surface area contributed by atoms with E-state index < -0.39 is 0 Å². The summed E-state index contributed by atoms with van der Waals surface area (Å²) in [5, 5.41) is 0. The number of carbonyl (C=O) groups is 1. The van der Waals surface area contributed by atoms with E-state index in [1.807, 2.05) is 0 Å². The predicted octanol–water partition coefficient (Wildman–Crippen LogP) is 4.16. The predicted molar refractivity (Wildman–Crippen MR) is 82.4 cm³/mol. The van der Waals surface area contributed by atoms with Crippen LogP contribution in [0, 0.1) is 0 Å². The minimum atomic E-state index is 0.184. The molecule has 0 fully saturated rings. The Labute approximate surface area is 120 Å². The molecule has 0 heterocycles. The van der Waals surface area contributed by atoms with Crippen molar-refractivity contribution in [3.63, 3.8) is 0 Å². The monoisotopic (exact) mass is 271 g/mol. The quantitative estimate of drug-likeness (QED) is 0.190. The Balaban J connectivity index is 4.31. The molecule has 0 radical (unpaired) electrons. The van der Waals surface area contributed by atoms with Crippen LogP contribution in [0.1, 0.15) is 85.0 Å². The smallest absolute Gasteiger partial charge is 0.229 e. The minimum absolute atomic E-state index is 0.184. The van der Waals surface area contributed by atoms with Gasteiger partial charge in [0.2, 0.25) is 0 Å². The summed E-state index contributed by atoms with van der Waals surface area (Å²) in [6.45, 7) is 8.18. The van der Waals surface area contributed by atoms with Crippen LogP contribution in [0.5, 0.6) is 0 Å². The molecule has 1 amide bonds. The van der Waals surface area contributed by atoms with Gasteiger partial charge >= 0.3 is 5.91 Å². The standard InChI is InChI=1S/C16H35N2O/c1-4-7-10-13-16(19)18(17,14-11-8-5-2)15-12-9-6-3/h4-15,17H2,1-3H3/q+1. The van der Waals surface area contributed by atoms with Crippen LogP contribution in [0.4, 0.5) is 0 Å². The van der Waals surface area contributed by atoms with Gasteiger partial charge in [0, 0.05) is 0 Å². The Bertz CT molecular complexity index is 219. The lowest BCUT2D eigenvalue weighted by molar-refractivity contribution is -0.867. The first-order valence-corrected chi connectivity index (χ1v) is 8.29. The van der Waals surface area contributed by atoms with Crippen LogP contribution in [0.15, 0.2) is 0 Å². The Morgan fingerprint density at radius 3 is 1.63 bits per heavy atom. The molecule has 0 bridgehead atoms. The van der Waals surface area contributed by atoms with Gasteiger partial charge in [-0.05, 0) is 32.1 Å². The summed E-state index contributed by atoms with van der Waals surface area (Å²) in [4.78, 5) is 12.4. The van der Waals surface area contributed by atoms with Crippen molar-refractivity contribution in [2.75, 3.05) is 13.1 Å². The highest BCUT2D eigenvalue weighted by atomic mass is 16.2. The lowest BCUT2D eigenvalue weighted by Crippen LogP contribution is -2.59. The summed E-state index contributed by atoms with van der Waals surface area (Å²) >= 11 is 0. The maximum Gasteiger partial charge on any atom is 0.332 e. The molecule has 0 aromatic rings. The Kier molecular flexibility index (Phi) is 11.2. The number of rotatable bonds is 12. The second kappa shape index (κ2) is 11.4. The lowest BCUT2D eigenvalue weighted by atomic mass is 10.1. The zero-order chi connectivity index (χ0) is 14.6. The molecule has 0 saturated heterocycles. The van der Waals surface area contributed by atoms with Crippen LogP contribution >= 0.6 is 0 Å². The third-order valence-electron chi connectivity index (χ3n) is 3.81. The normalized spacial score (nSPS) is 11.8. The van der Waals surface area contributed by atoms with E-state index in [0.717, 1.165) is 45.2 Å².